The topological polar surface area (TPSA) is 65.8 Å². The highest BCUT2D eigenvalue weighted by molar-refractivity contribution is 8.00. The zero-order valence-electron chi connectivity index (χ0n) is 20.3. The van der Waals surface area contributed by atoms with Crippen molar-refractivity contribution >= 4 is 23.4 Å². The molecule has 4 aromatic rings. The maximum Gasteiger partial charge on any atom is 0.237 e. The lowest BCUT2D eigenvalue weighted by Crippen LogP contribution is -2.23. The molecule has 0 fully saturated rings. The fourth-order valence-corrected chi connectivity index (χ4v) is 4.82. The third-order valence-electron chi connectivity index (χ3n) is 5.92. The average molecular weight is 478 g/mol. The van der Waals surface area contributed by atoms with Gasteiger partial charge in [-0.3, -0.25) is 4.79 Å². The molecule has 1 amide bonds. The van der Waals surface area contributed by atoms with Crippen LogP contribution >= 0.6 is 11.8 Å². The molecule has 0 bridgehead atoms. The van der Waals surface area contributed by atoms with Crippen LogP contribution in [0.1, 0.15) is 29.2 Å². The van der Waals surface area contributed by atoms with E-state index in [4.69, 9.17) is 4.98 Å². The summed E-state index contributed by atoms with van der Waals surface area (Å²) >= 11 is 1.31. The quantitative estimate of drug-likeness (QED) is 0.295. The number of rotatable bonds is 6. The van der Waals surface area contributed by atoms with Gasteiger partial charge in [0.15, 0.2) is 0 Å². The summed E-state index contributed by atoms with van der Waals surface area (Å²) in [6.07, 6.45) is 0. The molecule has 1 N–H and O–H groups in total. The molecule has 0 saturated heterocycles. The van der Waals surface area contributed by atoms with Crippen molar-refractivity contribution in [3.63, 3.8) is 0 Å². The summed E-state index contributed by atoms with van der Waals surface area (Å²) in [6, 6.07) is 28.2. The van der Waals surface area contributed by atoms with Crippen LogP contribution in [0.25, 0.3) is 22.4 Å². The fourth-order valence-electron chi connectivity index (χ4n) is 3.89. The van der Waals surface area contributed by atoms with Crippen molar-refractivity contribution in [1.29, 1.82) is 5.26 Å². The van der Waals surface area contributed by atoms with Crippen LogP contribution in [0.2, 0.25) is 0 Å². The lowest BCUT2D eigenvalue weighted by Gasteiger charge is -2.17. The Morgan fingerprint density at radius 1 is 0.914 bits per heavy atom. The molecule has 0 radical (unpaired) electrons. The second kappa shape index (κ2) is 10.6. The van der Waals surface area contributed by atoms with E-state index in [1.165, 1.54) is 11.8 Å². The first-order chi connectivity index (χ1) is 16.9. The predicted octanol–water partition coefficient (Wildman–Crippen LogP) is 7.33. The highest BCUT2D eigenvalue weighted by Gasteiger charge is 2.22. The Balaban J connectivity index is 1.74. The second-order valence-electron chi connectivity index (χ2n) is 8.60. The third-order valence-corrected chi connectivity index (χ3v) is 7.00. The molecule has 1 heterocycles. The van der Waals surface area contributed by atoms with Gasteiger partial charge in [0.2, 0.25) is 5.91 Å². The Morgan fingerprint density at radius 3 is 2.20 bits per heavy atom. The second-order valence-corrected chi connectivity index (χ2v) is 9.92. The van der Waals surface area contributed by atoms with E-state index in [1.807, 2.05) is 107 Å². The predicted molar refractivity (Wildman–Crippen MR) is 144 cm³/mol. The minimum atomic E-state index is -0.453. The van der Waals surface area contributed by atoms with Crippen LogP contribution < -0.4 is 5.32 Å². The number of carbonyl (C=O) groups excluding carboxylic acids is 1. The number of hydrogen-bond donors (Lipinski definition) is 1. The summed E-state index contributed by atoms with van der Waals surface area (Å²) in [5, 5.41) is 13.3. The molecule has 1 atom stereocenters. The molecule has 0 saturated carbocycles. The van der Waals surface area contributed by atoms with Gasteiger partial charge < -0.3 is 5.32 Å². The molecule has 0 aliphatic carbocycles. The number of thioether (sulfide) groups is 1. The minimum Gasteiger partial charge on any atom is -0.325 e. The van der Waals surface area contributed by atoms with Crippen LogP contribution in [0.3, 0.4) is 0 Å². The van der Waals surface area contributed by atoms with Gasteiger partial charge in [-0.2, -0.15) is 5.26 Å². The Labute approximate surface area is 211 Å². The Bertz CT molecular complexity index is 1390. The van der Waals surface area contributed by atoms with Crippen LogP contribution in [0.15, 0.2) is 83.9 Å². The molecule has 0 unspecified atom stereocenters. The van der Waals surface area contributed by atoms with Gasteiger partial charge in [-0.1, -0.05) is 90.1 Å². The number of nitriles is 1. The van der Waals surface area contributed by atoms with E-state index in [1.54, 1.807) is 0 Å². The molecule has 3 aromatic carbocycles. The molecule has 174 valence electrons. The SMILES string of the molecule is Cc1ccc(-c2cc(-c3ccccc3)c(C#N)c(S[C@@H](C)C(=O)Nc3c(C)cccc3C)n2)cc1. The van der Waals surface area contributed by atoms with Crippen molar-refractivity contribution in [1.82, 2.24) is 4.98 Å². The van der Waals surface area contributed by atoms with Gasteiger partial charge in [0.1, 0.15) is 11.1 Å². The highest BCUT2D eigenvalue weighted by Crippen LogP contribution is 2.36. The van der Waals surface area contributed by atoms with E-state index in [0.29, 0.717) is 10.6 Å². The number of nitrogens with zero attached hydrogens (tertiary/aromatic N) is 2. The molecule has 4 nitrogen and oxygen atoms in total. The van der Waals surface area contributed by atoms with E-state index < -0.39 is 5.25 Å². The monoisotopic (exact) mass is 477 g/mol. The number of pyridine rings is 1. The molecule has 5 heteroatoms. The Morgan fingerprint density at radius 2 is 1.57 bits per heavy atom. The first-order valence-electron chi connectivity index (χ1n) is 11.5. The number of nitrogens with one attached hydrogen (secondary N) is 1. The van der Waals surface area contributed by atoms with E-state index in [0.717, 1.165) is 44.8 Å². The van der Waals surface area contributed by atoms with E-state index in [-0.39, 0.29) is 5.91 Å². The summed E-state index contributed by atoms with van der Waals surface area (Å²) in [6.45, 7) is 7.85. The van der Waals surface area contributed by atoms with Crippen LogP contribution in [-0.4, -0.2) is 16.1 Å². The maximum absolute atomic E-state index is 13.1. The molecular formula is C30H27N3OS. The molecule has 4 rings (SSSR count). The van der Waals surface area contributed by atoms with Gasteiger partial charge in [0.05, 0.1) is 16.5 Å². The number of para-hydroxylation sites is 1. The van der Waals surface area contributed by atoms with Crippen molar-refractivity contribution in [3.8, 4) is 28.5 Å². The smallest absolute Gasteiger partial charge is 0.237 e. The molecule has 0 aliphatic rings. The standard InChI is InChI=1S/C30H27N3OS/c1-19-13-15-24(16-14-19)27-17-25(23-11-6-5-7-12-23)26(18-31)30(32-27)35-22(4)29(34)33-28-20(2)9-8-10-21(28)3/h5-17,22H,1-4H3,(H,33,34)/t22-/m0/s1. The molecular weight excluding hydrogens is 450 g/mol. The summed E-state index contributed by atoms with van der Waals surface area (Å²) in [7, 11) is 0. The lowest BCUT2D eigenvalue weighted by molar-refractivity contribution is -0.115. The highest BCUT2D eigenvalue weighted by atomic mass is 32.2. The largest absolute Gasteiger partial charge is 0.325 e. The normalized spacial score (nSPS) is 11.5. The Hall–Kier alpha value is -3.88. The molecule has 0 spiro atoms. The van der Waals surface area contributed by atoms with E-state index >= 15 is 0 Å². The van der Waals surface area contributed by atoms with E-state index in [9.17, 15) is 10.1 Å². The number of hydrogen-bond acceptors (Lipinski definition) is 4. The summed E-state index contributed by atoms with van der Waals surface area (Å²) in [4.78, 5) is 18.0. The fraction of sp³-hybridized carbons (Fsp3) is 0.167. The van der Waals surface area contributed by atoms with Crippen LogP contribution in [0.4, 0.5) is 5.69 Å². The number of anilines is 1. The zero-order valence-corrected chi connectivity index (χ0v) is 21.1. The van der Waals surface area contributed by atoms with Crippen LogP contribution in [0, 0.1) is 32.1 Å². The number of amides is 1. The van der Waals surface area contributed by atoms with Crippen LogP contribution in [0.5, 0.6) is 0 Å². The number of carbonyl (C=O) groups is 1. The number of aromatic nitrogens is 1. The van der Waals surface area contributed by atoms with Gasteiger partial charge >= 0.3 is 0 Å². The van der Waals surface area contributed by atoms with Crippen molar-refractivity contribution in [2.24, 2.45) is 0 Å². The van der Waals surface area contributed by atoms with Gasteiger partial charge in [-0.15, -0.1) is 0 Å². The molecule has 1 aromatic heterocycles. The molecule has 35 heavy (non-hydrogen) atoms. The van der Waals surface area contributed by atoms with Gasteiger partial charge in [-0.05, 0) is 50.5 Å². The number of benzene rings is 3. The zero-order chi connectivity index (χ0) is 24.9. The maximum atomic E-state index is 13.1. The third kappa shape index (κ3) is 5.45. The summed E-state index contributed by atoms with van der Waals surface area (Å²) < 4.78 is 0. The van der Waals surface area contributed by atoms with Gasteiger partial charge in [0, 0.05) is 16.8 Å². The summed E-state index contributed by atoms with van der Waals surface area (Å²) in [5.74, 6) is -0.125. The molecule has 0 aliphatic heterocycles. The van der Waals surface area contributed by atoms with Gasteiger partial charge in [0.25, 0.3) is 0 Å². The minimum absolute atomic E-state index is 0.125. The van der Waals surface area contributed by atoms with Crippen molar-refractivity contribution in [2.45, 2.75) is 38.0 Å². The van der Waals surface area contributed by atoms with Gasteiger partial charge in [-0.25, -0.2) is 4.98 Å². The summed E-state index contributed by atoms with van der Waals surface area (Å²) in [5.41, 5.74) is 7.98. The number of aryl methyl sites for hydroxylation is 3. The first-order valence-corrected chi connectivity index (χ1v) is 12.4. The Kier molecular flexibility index (Phi) is 7.33. The van der Waals surface area contributed by atoms with E-state index in [2.05, 4.69) is 11.4 Å². The van der Waals surface area contributed by atoms with Crippen molar-refractivity contribution in [3.05, 3.63) is 101 Å². The van der Waals surface area contributed by atoms with Crippen LogP contribution in [-0.2, 0) is 4.79 Å². The van der Waals surface area contributed by atoms with Crippen molar-refractivity contribution < 1.29 is 4.79 Å². The lowest BCUT2D eigenvalue weighted by atomic mass is 9.99. The first kappa shape index (κ1) is 24.3. The van der Waals surface area contributed by atoms with Crippen molar-refractivity contribution in [2.75, 3.05) is 5.32 Å². The average Bonchev–Trinajstić information content (AvgIpc) is 2.86.